The number of hydrogen-bond acceptors (Lipinski definition) is 5. The number of aromatic nitrogens is 1. The van der Waals surface area contributed by atoms with Gasteiger partial charge in [0.1, 0.15) is 11.8 Å². The molecular weight excluding hydrogens is 340 g/mol. The SMILES string of the molecule is N#Cc1cc([N+](=O)[O-])ccc1NC(=O)c1ncccc1Br. The molecule has 0 spiro atoms. The first kappa shape index (κ1) is 14.6. The Labute approximate surface area is 127 Å². The molecule has 1 N–H and O–H groups in total. The van der Waals surface area contributed by atoms with Gasteiger partial charge < -0.3 is 5.32 Å². The van der Waals surface area contributed by atoms with Gasteiger partial charge in [-0.1, -0.05) is 0 Å². The predicted molar refractivity (Wildman–Crippen MR) is 77.7 cm³/mol. The smallest absolute Gasteiger partial charge is 0.275 e. The second-order valence-electron chi connectivity index (χ2n) is 3.89. The van der Waals surface area contributed by atoms with E-state index in [9.17, 15) is 14.9 Å². The molecule has 1 heterocycles. The highest BCUT2D eigenvalue weighted by Crippen LogP contribution is 2.22. The number of nitro benzene ring substituents is 1. The zero-order chi connectivity index (χ0) is 15.4. The minimum atomic E-state index is -0.609. The highest BCUT2D eigenvalue weighted by atomic mass is 79.9. The number of nitrogens with one attached hydrogen (secondary N) is 1. The largest absolute Gasteiger partial charge is 0.319 e. The zero-order valence-corrected chi connectivity index (χ0v) is 12.0. The maximum atomic E-state index is 12.1. The van der Waals surface area contributed by atoms with Crippen LogP contribution in [-0.2, 0) is 0 Å². The molecule has 0 saturated heterocycles. The van der Waals surface area contributed by atoms with Gasteiger partial charge in [-0.05, 0) is 34.1 Å². The minimum Gasteiger partial charge on any atom is -0.319 e. The second-order valence-corrected chi connectivity index (χ2v) is 4.74. The molecule has 0 aliphatic heterocycles. The van der Waals surface area contributed by atoms with E-state index in [0.29, 0.717) is 4.47 Å². The van der Waals surface area contributed by atoms with Crippen molar-refractivity contribution in [2.24, 2.45) is 0 Å². The molecule has 0 atom stereocenters. The number of nitro groups is 1. The summed E-state index contributed by atoms with van der Waals surface area (Å²) in [5, 5.41) is 22.2. The summed E-state index contributed by atoms with van der Waals surface area (Å²) in [4.78, 5) is 26.1. The number of halogens is 1. The first-order valence-corrected chi connectivity index (χ1v) is 6.42. The molecular formula is C13H7BrN4O3. The van der Waals surface area contributed by atoms with Gasteiger partial charge in [0.25, 0.3) is 11.6 Å². The van der Waals surface area contributed by atoms with Crippen molar-refractivity contribution in [1.82, 2.24) is 4.98 Å². The normalized spacial score (nSPS) is 9.71. The van der Waals surface area contributed by atoms with Crippen LogP contribution < -0.4 is 5.32 Å². The fraction of sp³-hybridized carbons (Fsp3) is 0. The summed E-state index contributed by atoms with van der Waals surface area (Å²) in [7, 11) is 0. The van der Waals surface area contributed by atoms with Crippen molar-refractivity contribution in [2.45, 2.75) is 0 Å². The van der Waals surface area contributed by atoms with Gasteiger partial charge in [-0.25, -0.2) is 4.98 Å². The van der Waals surface area contributed by atoms with Crippen LogP contribution in [0.15, 0.2) is 41.0 Å². The lowest BCUT2D eigenvalue weighted by atomic mass is 10.1. The van der Waals surface area contributed by atoms with E-state index >= 15 is 0 Å². The Balaban J connectivity index is 2.32. The number of anilines is 1. The molecule has 0 bridgehead atoms. The Morgan fingerprint density at radius 1 is 1.43 bits per heavy atom. The third-order valence-corrected chi connectivity index (χ3v) is 3.20. The van der Waals surface area contributed by atoms with E-state index in [1.807, 2.05) is 6.07 Å². The van der Waals surface area contributed by atoms with Crippen molar-refractivity contribution in [3.63, 3.8) is 0 Å². The molecule has 7 nitrogen and oxygen atoms in total. The molecule has 0 saturated carbocycles. The van der Waals surface area contributed by atoms with Crippen molar-refractivity contribution < 1.29 is 9.72 Å². The summed E-state index contributed by atoms with van der Waals surface area (Å²) < 4.78 is 0.503. The Kier molecular flexibility index (Phi) is 4.25. The highest BCUT2D eigenvalue weighted by Gasteiger charge is 2.15. The van der Waals surface area contributed by atoms with Crippen LogP contribution in [0.1, 0.15) is 16.1 Å². The van der Waals surface area contributed by atoms with Crippen LogP contribution in [-0.4, -0.2) is 15.8 Å². The maximum absolute atomic E-state index is 12.1. The lowest BCUT2D eigenvalue weighted by molar-refractivity contribution is -0.384. The van der Waals surface area contributed by atoms with Crippen molar-refractivity contribution in [1.29, 1.82) is 5.26 Å². The van der Waals surface area contributed by atoms with Crippen LogP contribution in [0.2, 0.25) is 0 Å². The number of amides is 1. The molecule has 8 heteroatoms. The molecule has 0 unspecified atom stereocenters. The van der Waals surface area contributed by atoms with Gasteiger partial charge in [-0.3, -0.25) is 14.9 Å². The van der Waals surface area contributed by atoms with E-state index in [2.05, 4.69) is 26.2 Å². The number of rotatable bonds is 3. The van der Waals surface area contributed by atoms with Crippen LogP contribution in [0.25, 0.3) is 0 Å². The van der Waals surface area contributed by atoms with Crippen molar-refractivity contribution >= 4 is 33.2 Å². The number of nitriles is 1. The average Bonchev–Trinajstić information content (AvgIpc) is 2.47. The van der Waals surface area contributed by atoms with Gasteiger partial charge in [-0.2, -0.15) is 5.26 Å². The molecule has 1 aromatic heterocycles. The fourth-order valence-electron chi connectivity index (χ4n) is 1.58. The van der Waals surface area contributed by atoms with E-state index in [0.717, 1.165) is 6.07 Å². The Hall–Kier alpha value is -2.79. The number of nitrogens with zero attached hydrogens (tertiary/aromatic N) is 3. The third kappa shape index (κ3) is 3.21. The van der Waals surface area contributed by atoms with Crippen LogP contribution in [0, 0.1) is 21.4 Å². The quantitative estimate of drug-likeness (QED) is 0.678. The summed E-state index contributed by atoms with van der Waals surface area (Å²) in [5.41, 5.74) is 0.124. The van der Waals surface area contributed by atoms with Gasteiger partial charge in [0, 0.05) is 22.8 Å². The highest BCUT2D eigenvalue weighted by molar-refractivity contribution is 9.10. The van der Waals surface area contributed by atoms with Gasteiger partial charge in [0.05, 0.1) is 16.2 Å². The van der Waals surface area contributed by atoms with Crippen molar-refractivity contribution in [3.05, 3.63) is 62.4 Å². The zero-order valence-electron chi connectivity index (χ0n) is 10.4. The topological polar surface area (TPSA) is 109 Å². The first-order valence-electron chi connectivity index (χ1n) is 5.63. The van der Waals surface area contributed by atoms with Crippen LogP contribution in [0.3, 0.4) is 0 Å². The third-order valence-electron chi connectivity index (χ3n) is 2.56. The van der Waals surface area contributed by atoms with Crippen molar-refractivity contribution in [2.75, 3.05) is 5.32 Å². The Morgan fingerprint density at radius 3 is 2.81 bits per heavy atom. The monoisotopic (exact) mass is 346 g/mol. The number of benzene rings is 1. The predicted octanol–water partition coefficient (Wildman–Crippen LogP) is 2.88. The van der Waals surface area contributed by atoms with Gasteiger partial charge >= 0.3 is 0 Å². The van der Waals surface area contributed by atoms with Gasteiger partial charge in [0.15, 0.2) is 0 Å². The molecule has 0 aliphatic rings. The number of carbonyl (C=O) groups excluding carboxylic acids is 1. The Morgan fingerprint density at radius 2 is 2.19 bits per heavy atom. The maximum Gasteiger partial charge on any atom is 0.275 e. The summed E-state index contributed by atoms with van der Waals surface area (Å²) >= 11 is 3.20. The van der Waals surface area contributed by atoms with E-state index in [4.69, 9.17) is 5.26 Å². The van der Waals surface area contributed by atoms with E-state index in [1.165, 1.54) is 18.3 Å². The van der Waals surface area contributed by atoms with Crippen LogP contribution in [0.5, 0.6) is 0 Å². The lowest BCUT2D eigenvalue weighted by Gasteiger charge is -2.07. The molecule has 0 aliphatic carbocycles. The summed E-state index contributed by atoms with van der Waals surface area (Å²) in [5.74, 6) is -0.521. The molecule has 1 aromatic carbocycles. The second kappa shape index (κ2) is 6.11. The Bertz CT molecular complexity index is 770. The average molecular weight is 347 g/mol. The van der Waals surface area contributed by atoms with Gasteiger partial charge in [-0.15, -0.1) is 0 Å². The molecule has 1 amide bonds. The first-order chi connectivity index (χ1) is 10.0. The number of carbonyl (C=O) groups is 1. The van der Waals surface area contributed by atoms with Crippen LogP contribution >= 0.6 is 15.9 Å². The van der Waals surface area contributed by atoms with Crippen molar-refractivity contribution in [3.8, 4) is 6.07 Å². The molecule has 0 radical (unpaired) electrons. The lowest BCUT2D eigenvalue weighted by Crippen LogP contribution is -2.15. The minimum absolute atomic E-state index is 0.00426. The van der Waals surface area contributed by atoms with Crippen LogP contribution in [0.4, 0.5) is 11.4 Å². The molecule has 0 fully saturated rings. The molecule has 2 rings (SSSR count). The molecule has 104 valence electrons. The molecule has 2 aromatic rings. The number of pyridine rings is 1. The summed E-state index contributed by atoms with van der Waals surface area (Å²) in [6.07, 6.45) is 1.46. The summed E-state index contributed by atoms with van der Waals surface area (Å²) in [6.45, 7) is 0. The standard InChI is InChI=1S/C13H7BrN4O3/c14-10-2-1-5-16-12(10)13(19)17-11-4-3-9(18(20)21)6-8(11)7-15/h1-6H,(H,17,19). The molecule has 21 heavy (non-hydrogen) atoms. The van der Waals surface area contributed by atoms with E-state index in [-0.39, 0.29) is 22.6 Å². The fourth-order valence-corrected chi connectivity index (χ4v) is 2.02. The van der Waals surface area contributed by atoms with E-state index < -0.39 is 10.8 Å². The number of hydrogen-bond donors (Lipinski definition) is 1. The summed E-state index contributed by atoms with van der Waals surface area (Å²) in [6, 6.07) is 8.75. The number of non-ortho nitro benzene ring substituents is 1. The van der Waals surface area contributed by atoms with Gasteiger partial charge in [0.2, 0.25) is 0 Å². The van der Waals surface area contributed by atoms with E-state index in [1.54, 1.807) is 12.1 Å².